The molecule has 0 spiro atoms. The van der Waals surface area contributed by atoms with Gasteiger partial charge in [-0.3, -0.25) is 4.79 Å². The van der Waals surface area contributed by atoms with Crippen molar-refractivity contribution in [3.63, 3.8) is 0 Å². The Labute approximate surface area is 103 Å². The summed E-state index contributed by atoms with van der Waals surface area (Å²) in [6.45, 7) is 7.99. The maximum Gasteiger partial charge on any atom is 0.254 e. The zero-order chi connectivity index (χ0) is 13.2. The molecule has 0 radical (unpaired) electrons. The second-order valence-corrected chi connectivity index (χ2v) is 4.74. The zero-order valence-electron chi connectivity index (χ0n) is 10.9. The topological polar surface area (TPSA) is 72.3 Å². The van der Waals surface area contributed by atoms with E-state index in [9.17, 15) is 4.79 Å². The number of hydrogen-bond acceptors (Lipinski definition) is 3. The first-order valence-corrected chi connectivity index (χ1v) is 5.82. The molecule has 0 saturated heterocycles. The molecule has 0 saturated carbocycles. The van der Waals surface area contributed by atoms with Crippen molar-refractivity contribution in [1.29, 1.82) is 0 Å². The van der Waals surface area contributed by atoms with E-state index in [1.807, 2.05) is 32.6 Å². The van der Waals surface area contributed by atoms with E-state index in [4.69, 9.17) is 11.5 Å². The van der Waals surface area contributed by atoms with Gasteiger partial charge in [-0.2, -0.15) is 0 Å². The Morgan fingerprint density at radius 3 is 2.00 bits per heavy atom. The largest absolute Gasteiger partial charge is 0.397 e. The van der Waals surface area contributed by atoms with Crippen LogP contribution in [0.1, 0.15) is 38.1 Å². The van der Waals surface area contributed by atoms with E-state index in [1.54, 1.807) is 18.2 Å². The summed E-state index contributed by atoms with van der Waals surface area (Å²) < 4.78 is 0. The Bertz CT molecular complexity index is 405. The van der Waals surface area contributed by atoms with E-state index < -0.39 is 0 Å². The summed E-state index contributed by atoms with van der Waals surface area (Å²) in [5.74, 6) is -0.0123. The summed E-state index contributed by atoms with van der Waals surface area (Å²) in [6, 6.07) is 5.32. The Hall–Kier alpha value is -1.71. The molecule has 0 aromatic heterocycles. The van der Waals surface area contributed by atoms with E-state index in [-0.39, 0.29) is 18.0 Å². The SMILES string of the molecule is CC(C)N(C(=O)c1ccc(N)c(N)c1)C(C)C. The van der Waals surface area contributed by atoms with Crippen LogP contribution in [0, 0.1) is 0 Å². The number of carbonyl (C=O) groups excluding carboxylic acids is 1. The quantitative estimate of drug-likeness (QED) is 0.788. The van der Waals surface area contributed by atoms with Gasteiger partial charge < -0.3 is 16.4 Å². The number of rotatable bonds is 3. The van der Waals surface area contributed by atoms with Crippen molar-refractivity contribution >= 4 is 17.3 Å². The zero-order valence-corrected chi connectivity index (χ0v) is 10.9. The highest BCUT2D eigenvalue weighted by molar-refractivity contribution is 5.96. The van der Waals surface area contributed by atoms with Crippen LogP contribution in [-0.2, 0) is 0 Å². The van der Waals surface area contributed by atoms with Gasteiger partial charge in [-0.15, -0.1) is 0 Å². The minimum Gasteiger partial charge on any atom is -0.397 e. The molecule has 4 N–H and O–H groups in total. The van der Waals surface area contributed by atoms with Crippen LogP contribution in [-0.4, -0.2) is 22.9 Å². The second kappa shape index (κ2) is 5.08. The van der Waals surface area contributed by atoms with Gasteiger partial charge in [-0.05, 0) is 45.9 Å². The smallest absolute Gasteiger partial charge is 0.254 e. The highest BCUT2D eigenvalue weighted by Crippen LogP contribution is 2.19. The molecule has 1 aromatic carbocycles. The number of anilines is 2. The fraction of sp³-hybridized carbons (Fsp3) is 0.462. The minimum absolute atomic E-state index is 0.0123. The van der Waals surface area contributed by atoms with Gasteiger partial charge in [0, 0.05) is 17.6 Å². The molecule has 17 heavy (non-hydrogen) atoms. The van der Waals surface area contributed by atoms with Crippen LogP contribution in [0.2, 0.25) is 0 Å². The first kappa shape index (κ1) is 13.4. The highest BCUT2D eigenvalue weighted by Gasteiger charge is 2.21. The number of nitrogens with zero attached hydrogens (tertiary/aromatic N) is 1. The van der Waals surface area contributed by atoms with Crippen molar-refractivity contribution in [2.45, 2.75) is 39.8 Å². The predicted molar refractivity (Wildman–Crippen MR) is 71.7 cm³/mol. The molecule has 4 nitrogen and oxygen atoms in total. The Morgan fingerprint density at radius 1 is 1.06 bits per heavy atom. The van der Waals surface area contributed by atoms with Gasteiger partial charge in [0.2, 0.25) is 0 Å². The Kier molecular flexibility index (Phi) is 3.99. The molecular weight excluding hydrogens is 214 g/mol. The fourth-order valence-electron chi connectivity index (χ4n) is 1.92. The number of carbonyl (C=O) groups is 1. The third kappa shape index (κ3) is 2.90. The number of hydrogen-bond donors (Lipinski definition) is 2. The number of benzene rings is 1. The summed E-state index contributed by atoms with van der Waals surface area (Å²) in [4.78, 5) is 14.1. The van der Waals surface area contributed by atoms with Crippen molar-refractivity contribution in [2.24, 2.45) is 0 Å². The van der Waals surface area contributed by atoms with Crippen molar-refractivity contribution in [3.05, 3.63) is 23.8 Å². The molecule has 0 fully saturated rings. The second-order valence-electron chi connectivity index (χ2n) is 4.74. The lowest BCUT2D eigenvalue weighted by Gasteiger charge is -2.31. The van der Waals surface area contributed by atoms with E-state index in [2.05, 4.69) is 0 Å². The van der Waals surface area contributed by atoms with E-state index in [1.165, 1.54) is 0 Å². The first-order chi connectivity index (χ1) is 7.84. The average molecular weight is 235 g/mol. The number of amides is 1. The lowest BCUT2D eigenvalue weighted by atomic mass is 10.1. The number of nitrogens with two attached hydrogens (primary N) is 2. The normalized spacial score (nSPS) is 10.9. The van der Waals surface area contributed by atoms with Crippen LogP contribution in [0.15, 0.2) is 18.2 Å². The van der Waals surface area contributed by atoms with Crippen LogP contribution in [0.3, 0.4) is 0 Å². The molecule has 0 aliphatic heterocycles. The molecule has 0 unspecified atom stereocenters. The maximum atomic E-state index is 12.3. The molecule has 1 aromatic rings. The predicted octanol–water partition coefficient (Wildman–Crippen LogP) is 2.11. The molecule has 0 heterocycles. The summed E-state index contributed by atoms with van der Waals surface area (Å²) in [7, 11) is 0. The van der Waals surface area contributed by atoms with Crippen molar-refractivity contribution in [3.8, 4) is 0 Å². The monoisotopic (exact) mass is 235 g/mol. The molecule has 0 bridgehead atoms. The Balaban J connectivity index is 3.06. The molecule has 1 rings (SSSR count). The van der Waals surface area contributed by atoms with Crippen LogP contribution >= 0.6 is 0 Å². The van der Waals surface area contributed by atoms with Gasteiger partial charge in [0.05, 0.1) is 11.4 Å². The lowest BCUT2D eigenvalue weighted by molar-refractivity contribution is 0.0644. The van der Waals surface area contributed by atoms with Crippen LogP contribution < -0.4 is 11.5 Å². The standard InChI is InChI=1S/C13H21N3O/c1-8(2)16(9(3)4)13(17)10-5-6-11(14)12(15)7-10/h5-9H,14-15H2,1-4H3. The third-order valence-electron chi connectivity index (χ3n) is 2.68. The van der Waals surface area contributed by atoms with Gasteiger partial charge in [0.15, 0.2) is 0 Å². The minimum atomic E-state index is -0.0123. The van der Waals surface area contributed by atoms with Crippen LogP contribution in [0.25, 0.3) is 0 Å². The van der Waals surface area contributed by atoms with Gasteiger partial charge in [0.25, 0.3) is 5.91 Å². The van der Waals surface area contributed by atoms with Crippen molar-refractivity contribution in [1.82, 2.24) is 4.90 Å². The maximum absolute atomic E-state index is 12.3. The Morgan fingerprint density at radius 2 is 1.59 bits per heavy atom. The molecule has 1 amide bonds. The fourth-order valence-corrected chi connectivity index (χ4v) is 1.92. The molecular formula is C13H21N3O. The summed E-state index contributed by atoms with van der Waals surface area (Å²) in [5, 5.41) is 0. The first-order valence-electron chi connectivity index (χ1n) is 5.82. The molecule has 94 valence electrons. The molecule has 4 heteroatoms. The summed E-state index contributed by atoms with van der Waals surface area (Å²) in [5.41, 5.74) is 12.9. The lowest BCUT2D eigenvalue weighted by Crippen LogP contribution is -2.42. The third-order valence-corrected chi connectivity index (χ3v) is 2.68. The molecule has 0 aliphatic carbocycles. The number of nitrogen functional groups attached to an aromatic ring is 2. The molecule has 0 atom stereocenters. The van der Waals surface area contributed by atoms with Gasteiger partial charge in [-0.1, -0.05) is 0 Å². The highest BCUT2D eigenvalue weighted by atomic mass is 16.2. The van der Waals surface area contributed by atoms with Gasteiger partial charge in [-0.25, -0.2) is 0 Å². The van der Waals surface area contributed by atoms with Crippen LogP contribution in [0.5, 0.6) is 0 Å². The summed E-state index contributed by atoms with van der Waals surface area (Å²) >= 11 is 0. The van der Waals surface area contributed by atoms with E-state index in [0.29, 0.717) is 16.9 Å². The van der Waals surface area contributed by atoms with Gasteiger partial charge in [0.1, 0.15) is 0 Å². The van der Waals surface area contributed by atoms with E-state index in [0.717, 1.165) is 0 Å². The molecule has 0 aliphatic rings. The van der Waals surface area contributed by atoms with Crippen molar-refractivity contribution < 1.29 is 4.79 Å². The van der Waals surface area contributed by atoms with Crippen molar-refractivity contribution in [2.75, 3.05) is 11.5 Å². The summed E-state index contributed by atoms with van der Waals surface area (Å²) in [6.07, 6.45) is 0. The van der Waals surface area contributed by atoms with Crippen LogP contribution in [0.4, 0.5) is 11.4 Å². The average Bonchev–Trinajstić information content (AvgIpc) is 2.20. The van der Waals surface area contributed by atoms with Gasteiger partial charge >= 0.3 is 0 Å². The van der Waals surface area contributed by atoms with E-state index >= 15 is 0 Å².